The Morgan fingerprint density at radius 3 is 2.38 bits per heavy atom. The molecule has 0 aromatic heterocycles. The molecule has 0 bridgehead atoms. The van der Waals surface area contributed by atoms with E-state index in [4.69, 9.17) is 0 Å². The van der Waals surface area contributed by atoms with E-state index in [-0.39, 0.29) is 62.4 Å². The first-order valence-corrected chi connectivity index (χ1v) is 11.6. The van der Waals surface area contributed by atoms with Crippen molar-refractivity contribution in [1.82, 2.24) is 0 Å². The van der Waals surface area contributed by atoms with Crippen LogP contribution >= 0.6 is 0 Å². The Kier molecular flexibility index (Phi) is 10.1. The fourth-order valence-electron chi connectivity index (χ4n) is 3.77. The van der Waals surface area contributed by atoms with E-state index in [0.717, 1.165) is 29.8 Å². The van der Waals surface area contributed by atoms with Gasteiger partial charge in [0.05, 0.1) is 22.4 Å². The third-order valence-electron chi connectivity index (χ3n) is 5.29. The number of hydrogen-bond acceptors (Lipinski definition) is 5. The summed E-state index contributed by atoms with van der Waals surface area (Å²) >= 11 is 0. The number of nitrogens with zero attached hydrogens (tertiary/aromatic N) is 1. The van der Waals surface area contributed by atoms with Gasteiger partial charge < -0.3 is 14.8 Å². The second kappa shape index (κ2) is 11.8. The van der Waals surface area contributed by atoms with E-state index in [2.05, 4.69) is 29.3 Å². The van der Waals surface area contributed by atoms with Crippen LogP contribution in [0.2, 0.25) is 0 Å². The van der Waals surface area contributed by atoms with Crippen molar-refractivity contribution in [2.24, 2.45) is 0 Å². The van der Waals surface area contributed by atoms with Crippen molar-refractivity contribution in [2.75, 3.05) is 10.2 Å². The predicted octanol–water partition coefficient (Wildman–Crippen LogP) is 2.10. The first kappa shape index (κ1) is 24.9. The average molecular weight is 441 g/mol. The molecule has 5 nitrogen and oxygen atoms in total. The SMILES string of the molecule is CCCCCCCCC1Nc2ccc(S(=O)(=O)[O-])cc2N1Cc1ccccc1.[K+]. The quantitative estimate of drug-likeness (QED) is 0.348. The molecule has 0 saturated carbocycles. The van der Waals surface area contributed by atoms with Crippen LogP contribution < -0.4 is 61.6 Å². The van der Waals surface area contributed by atoms with Crippen LogP contribution in [-0.2, 0) is 16.7 Å². The molecule has 0 radical (unpaired) electrons. The van der Waals surface area contributed by atoms with E-state index in [1.54, 1.807) is 6.07 Å². The molecule has 1 N–H and O–H groups in total. The summed E-state index contributed by atoms with van der Waals surface area (Å²) in [6.07, 6.45) is 8.48. The Morgan fingerprint density at radius 1 is 1.00 bits per heavy atom. The second-order valence-electron chi connectivity index (χ2n) is 7.46. The molecule has 1 heterocycles. The van der Waals surface area contributed by atoms with Crippen LogP contribution in [0.25, 0.3) is 0 Å². The van der Waals surface area contributed by atoms with Gasteiger partial charge in [-0.15, -0.1) is 0 Å². The van der Waals surface area contributed by atoms with Crippen LogP contribution in [0.3, 0.4) is 0 Å². The predicted molar refractivity (Wildman–Crippen MR) is 112 cm³/mol. The van der Waals surface area contributed by atoms with Gasteiger partial charge in [-0.1, -0.05) is 69.4 Å². The van der Waals surface area contributed by atoms with Crippen molar-refractivity contribution >= 4 is 21.5 Å². The molecule has 0 saturated heterocycles. The number of anilines is 2. The number of nitrogens with one attached hydrogen (secondary N) is 1. The summed E-state index contributed by atoms with van der Waals surface area (Å²) in [4.78, 5) is 2.01. The maximum atomic E-state index is 11.5. The van der Waals surface area contributed by atoms with Gasteiger partial charge in [-0.2, -0.15) is 0 Å². The minimum atomic E-state index is -4.47. The van der Waals surface area contributed by atoms with Crippen molar-refractivity contribution in [1.29, 1.82) is 0 Å². The fraction of sp³-hybridized carbons (Fsp3) is 0.455. The summed E-state index contributed by atoms with van der Waals surface area (Å²) in [7, 11) is -4.47. The molecule has 2 aromatic carbocycles. The summed E-state index contributed by atoms with van der Waals surface area (Å²) in [6, 6.07) is 14.7. The maximum Gasteiger partial charge on any atom is 1.00 e. The van der Waals surface area contributed by atoms with E-state index in [0.29, 0.717) is 6.54 Å². The monoisotopic (exact) mass is 440 g/mol. The second-order valence-corrected chi connectivity index (χ2v) is 8.84. The Morgan fingerprint density at radius 2 is 1.69 bits per heavy atom. The summed E-state index contributed by atoms with van der Waals surface area (Å²) in [6.45, 7) is 2.89. The molecule has 0 fully saturated rings. The van der Waals surface area contributed by atoms with Gasteiger partial charge in [0.2, 0.25) is 0 Å². The van der Waals surface area contributed by atoms with Gasteiger partial charge in [-0.05, 0) is 36.6 Å². The van der Waals surface area contributed by atoms with Crippen LogP contribution in [-0.4, -0.2) is 19.1 Å². The Balaban J connectivity index is 0.00000300. The third-order valence-corrected chi connectivity index (χ3v) is 6.12. The Hall–Kier alpha value is -0.414. The average Bonchev–Trinajstić information content (AvgIpc) is 3.01. The van der Waals surface area contributed by atoms with Crippen molar-refractivity contribution in [3.05, 3.63) is 54.1 Å². The molecule has 7 heteroatoms. The van der Waals surface area contributed by atoms with E-state index in [9.17, 15) is 13.0 Å². The summed E-state index contributed by atoms with van der Waals surface area (Å²) in [5, 5.41) is 3.51. The van der Waals surface area contributed by atoms with Crippen LogP contribution in [0.15, 0.2) is 53.4 Å². The van der Waals surface area contributed by atoms with E-state index in [1.807, 2.05) is 18.2 Å². The molecule has 1 unspecified atom stereocenters. The van der Waals surface area contributed by atoms with Gasteiger partial charge in [0, 0.05) is 6.54 Å². The Bertz CT molecular complexity index is 875. The maximum absolute atomic E-state index is 11.5. The molecule has 1 aliphatic rings. The van der Waals surface area contributed by atoms with Gasteiger partial charge in [0.25, 0.3) is 0 Å². The standard InChI is InChI=1S/C22H30N2O3S.K/c1-2-3-4-5-6-10-13-22-23-20-15-14-19(28(25,26)27)16-21(20)24(22)17-18-11-8-7-9-12-18;/h7-9,11-12,14-16,22-23H,2-6,10,13,17H2,1H3,(H,25,26,27);/q;+1/p-1. The normalized spacial score (nSPS) is 15.5. The first-order chi connectivity index (χ1) is 13.5. The first-order valence-electron chi connectivity index (χ1n) is 10.2. The molecule has 0 spiro atoms. The molecule has 1 atom stereocenters. The summed E-state index contributed by atoms with van der Waals surface area (Å²) in [5.74, 6) is 0. The topological polar surface area (TPSA) is 72.5 Å². The van der Waals surface area contributed by atoms with Gasteiger partial charge in [-0.25, -0.2) is 8.42 Å². The molecule has 3 rings (SSSR count). The summed E-state index contributed by atoms with van der Waals surface area (Å²) < 4.78 is 34.4. The van der Waals surface area contributed by atoms with Crippen LogP contribution in [0, 0.1) is 0 Å². The van der Waals surface area contributed by atoms with Gasteiger partial charge in [0.1, 0.15) is 10.1 Å². The molecule has 2 aromatic rings. The van der Waals surface area contributed by atoms with Crippen molar-refractivity contribution < 1.29 is 64.4 Å². The molecule has 1 aliphatic heterocycles. The van der Waals surface area contributed by atoms with Crippen molar-refractivity contribution in [3.8, 4) is 0 Å². The zero-order chi connectivity index (χ0) is 20.0. The smallest absolute Gasteiger partial charge is 0.744 e. The molecular weight excluding hydrogens is 411 g/mol. The Labute approximate surface area is 217 Å². The van der Waals surface area contributed by atoms with Crippen LogP contribution in [0.4, 0.5) is 11.4 Å². The zero-order valence-corrected chi connectivity index (χ0v) is 21.4. The molecular formula is C22H29KN2O3S. The fourth-order valence-corrected chi connectivity index (χ4v) is 4.26. The van der Waals surface area contributed by atoms with Gasteiger partial charge >= 0.3 is 51.4 Å². The number of rotatable bonds is 10. The van der Waals surface area contributed by atoms with Gasteiger partial charge in [-0.3, -0.25) is 0 Å². The minimum absolute atomic E-state index is 0. The summed E-state index contributed by atoms with van der Waals surface area (Å²) in [5.41, 5.74) is 2.83. The number of benzene rings is 2. The molecule has 152 valence electrons. The minimum Gasteiger partial charge on any atom is -0.744 e. The van der Waals surface area contributed by atoms with E-state index >= 15 is 0 Å². The zero-order valence-electron chi connectivity index (χ0n) is 17.4. The molecule has 0 amide bonds. The van der Waals surface area contributed by atoms with E-state index in [1.165, 1.54) is 44.2 Å². The number of fused-ring (bicyclic) bond motifs is 1. The van der Waals surface area contributed by atoms with Crippen LogP contribution in [0.1, 0.15) is 57.4 Å². The van der Waals surface area contributed by atoms with E-state index < -0.39 is 10.1 Å². The number of unbranched alkanes of at least 4 members (excludes halogenated alkanes) is 5. The molecule has 0 aliphatic carbocycles. The van der Waals surface area contributed by atoms with Crippen LogP contribution in [0.5, 0.6) is 0 Å². The van der Waals surface area contributed by atoms with Gasteiger partial charge in [0.15, 0.2) is 0 Å². The largest absolute Gasteiger partial charge is 1.00 e. The van der Waals surface area contributed by atoms with Crippen molar-refractivity contribution in [2.45, 2.75) is 69.5 Å². The molecule has 29 heavy (non-hydrogen) atoms. The third kappa shape index (κ3) is 7.06. The van der Waals surface area contributed by atoms with Crippen molar-refractivity contribution in [3.63, 3.8) is 0 Å². The number of hydrogen-bond donors (Lipinski definition) is 1.